The maximum absolute atomic E-state index is 5.96. The van der Waals surface area contributed by atoms with Gasteiger partial charge in [-0.05, 0) is 32.1 Å². The zero-order chi connectivity index (χ0) is 20.5. The Morgan fingerprint density at radius 1 is 0.607 bits per heavy atom. The van der Waals surface area contributed by atoms with Crippen LogP contribution < -0.4 is 0 Å². The molecule has 0 bridgehead atoms. The van der Waals surface area contributed by atoms with Gasteiger partial charge in [0.15, 0.2) is 6.29 Å². The molecule has 162 valence electrons. The Balaban J connectivity index is 4.00. The minimum atomic E-state index is -0.0996. The second-order valence-electron chi connectivity index (χ2n) is 7.18. The van der Waals surface area contributed by atoms with Gasteiger partial charge in [0, 0.05) is 31.0 Å². The highest BCUT2D eigenvalue weighted by molar-refractivity contribution is 9.09. The van der Waals surface area contributed by atoms with E-state index in [1.165, 1.54) is 64.2 Å². The lowest BCUT2D eigenvalue weighted by atomic mass is 10.1. The van der Waals surface area contributed by atoms with Gasteiger partial charge in [0.1, 0.15) is 0 Å². The van der Waals surface area contributed by atoms with Crippen LogP contribution in [0, 0.1) is 23.7 Å². The second-order valence-corrected chi connectivity index (χ2v) is 7.98. The zero-order valence-corrected chi connectivity index (χ0v) is 20.1. The molecule has 0 saturated heterocycles. The normalized spacial score (nSPS) is 10.4. The quantitative estimate of drug-likeness (QED) is 0.0915. The summed E-state index contributed by atoms with van der Waals surface area (Å²) in [5, 5.41) is 1.12. The minimum Gasteiger partial charge on any atom is -0.352 e. The van der Waals surface area contributed by atoms with Crippen molar-refractivity contribution in [3.05, 3.63) is 0 Å². The van der Waals surface area contributed by atoms with Gasteiger partial charge in [-0.25, -0.2) is 0 Å². The molecule has 2 nitrogen and oxygen atoms in total. The monoisotopic (exact) mass is 454 g/mol. The van der Waals surface area contributed by atoms with Crippen molar-refractivity contribution in [3.8, 4) is 23.7 Å². The summed E-state index contributed by atoms with van der Waals surface area (Å²) < 4.78 is 11.9. The van der Waals surface area contributed by atoms with Crippen LogP contribution in [-0.2, 0) is 9.47 Å². The van der Waals surface area contributed by atoms with Crippen molar-refractivity contribution in [2.45, 2.75) is 116 Å². The Hall–Kier alpha value is -0.480. The van der Waals surface area contributed by atoms with Crippen LogP contribution >= 0.6 is 15.9 Å². The van der Waals surface area contributed by atoms with Crippen LogP contribution in [0.2, 0.25) is 0 Å². The van der Waals surface area contributed by atoms with Crippen molar-refractivity contribution in [3.63, 3.8) is 0 Å². The van der Waals surface area contributed by atoms with Crippen LogP contribution in [0.15, 0.2) is 0 Å². The number of unbranched alkanes of at least 4 members (excludes halogenated alkanes) is 9. The lowest BCUT2D eigenvalue weighted by Crippen LogP contribution is -2.18. The number of hydrogen-bond acceptors (Lipinski definition) is 2. The fourth-order valence-electron chi connectivity index (χ4n) is 2.69. The van der Waals surface area contributed by atoms with E-state index in [9.17, 15) is 0 Å². The SMILES string of the molecule is CCCCC#CCCOC(CCCCCCCCBr)OCCC#CCCCC. The van der Waals surface area contributed by atoms with E-state index in [1.54, 1.807) is 0 Å². The third-order valence-corrected chi connectivity index (χ3v) is 5.01. The van der Waals surface area contributed by atoms with Gasteiger partial charge in [-0.3, -0.25) is 0 Å². The lowest BCUT2D eigenvalue weighted by Gasteiger charge is -2.17. The number of rotatable bonds is 18. The predicted octanol–water partition coefficient (Wildman–Crippen LogP) is 7.64. The van der Waals surface area contributed by atoms with E-state index in [4.69, 9.17) is 9.47 Å². The van der Waals surface area contributed by atoms with E-state index in [0.717, 1.165) is 37.4 Å². The van der Waals surface area contributed by atoms with Crippen LogP contribution in [0.5, 0.6) is 0 Å². The van der Waals surface area contributed by atoms with Crippen molar-refractivity contribution in [2.24, 2.45) is 0 Å². The van der Waals surface area contributed by atoms with Crippen LogP contribution in [-0.4, -0.2) is 24.8 Å². The average Bonchev–Trinajstić information content (AvgIpc) is 2.71. The fraction of sp³-hybridized carbons (Fsp3) is 0.840. The Labute approximate surface area is 184 Å². The van der Waals surface area contributed by atoms with E-state index in [-0.39, 0.29) is 6.29 Å². The summed E-state index contributed by atoms with van der Waals surface area (Å²) in [6.07, 6.45) is 17.0. The Morgan fingerprint density at radius 2 is 1.07 bits per heavy atom. The molecule has 3 heteroatoms. The van der Waals surface area contributed by atoms with Gasteiger partial charge in [0.25, 0.3) is 0 Å². The fourth-order valence-corrected chi connectivity index (χ4v) is 3.09. The molecular formula is C25H43BrO2. The molecule has 0 amide bonds. The number of alkyl halides is 1. The summed E-state index contributed by atoms with van der Waals surface area (Å²) in [5.41, 5.74) is 0. The Kier molecular flexibility index (Phi) is 24.1. The highest BCUT2D eigenvalue weighted by Gasteiger charge is 2.08. The number of hydrogen-bond donors (Lipinski definition) is 0. The smallest absolute Gasteiger partial charge is 0.157 e. The summed E-state index contributed by atoms with van der Waals surface area (Å²) in [6, 6.07) is 0. The summed E-state index contributed by atoms with van der Waals surface area (Å²) in [4.78, 5) is 0. The molecule has 0 atom stereocenters. The van der Waals surface area contributed by atoms with Crippen LogP contribution in [0.3, 0.4) is 0 Å². The summed E-state index contributed by atoms with van der Waals surface area (Å²) in [7, 11) is 0. The van der Waals surface area contributed by atoms with Crippen molar-refractivity contribution in [2.75, 3.05) is 18.5 Å². The van der Waals surface area contributed by atoms with Crippen LogP contribution in [0.25, 0.3) is 0 Å². The molecule has 0 aromatic rings. The first-order valence-corrected chi connectivity index (χ1v) is 12.7. The van der Waals surface area contributed by atoms with Crippen LogP contribution in [0.1, 0.15) is 110 Å². The maximum Gasteiger partial charge on any atom is 0.157 e. The third kappa shape index (κ3) is 21.8. The summed E-state index contributed by atoms with van der Waals surface area (Å²) in [6.45, 7) is 5.72. The molecule has 0 spiro atoms. The lowest BCUT2D eigenvalue weighted by molar-refractivity contribution is -0.144. The standard InChI is InChI=1S/C25H43BrO2/c1-3-5-7-9-15-19-23-27-25(21-17-13-11-12-14-18-22-26)28-24-20-16-10-8-6-4-2/h25H,3-8,11-14,17-24H2,1-2H3. The van der Waals surface area contributed by atoms with Gasteiger partial charge in [-0.15, -0.1) is 23.7 Å². The van der Waals surface area contributed by atoms with Crippen molar-refractivity contribution >= 4 is 15.9 Å². The molecule has 0 rings (SSSR count). The van der Waals surface area contributed by atoms with Gasteiger partial charge < -0.3 is 9.47 Å². The van der Waals surface area contributed by atoms with E-state index in [2.05, 4.69) is 53.5 Å². The number of ether oxygens (including phenoxy) is 2. The topological polar surface area (TPSA) is 18.5 Å². The molecule has 28 heavy (non-hydrogen) atoms. The molecule has 0 aromatic carbocycles. The van der Waals surface area contributed by atoms with E-state index >= 15 is 0 Å². The van der Waals surface area contributed by atoms with E-state index in [1.807, 2.05) is 0 Å². The summed E-state index contributed by atoms with van der Waals surface area (Å²) >= 11 is 3.49. The van der Waals surface area contributed by atoms with E-state index < -0.39 is 0 Å². The molecule has 0 aromatic heterocycles. The van der Waals surface area contributed by atoms with Gasteiger partial charge in [0.05, 0.1) is 13.2 Å². The molecule has 0 aliphatic carbocycles. The van der Waals surface area contributed by atoms with E-state index in [0.29, 0.717) is 13.2 Å². The largest absolute Gasteiger partial charge is 0.352 e. The minimum absolute atomic E-state index is 0.0996. The molecule has 0 radical (unpaired) electrons. The van der Waals surface area contributed by atoms with Gasteiger partial charge in [-0.2, -0.15) is 0 Å². The van der Waals surface area contributed by atoms with Crippen LogP contribution in [0.4, 0.5) is 0 Å². The molecule has 0 aliphatic heterocycles. The van der Waals surface area contributed by atoms with Crippen molar-refractivity contribution < 1.29 is 9.47 Å². The average molecular weight is 456 g/mol. The first kappa shape index (κ1) is 27.5. The first-order chi connectivity index (χ1) is 13.8. The maximum atomic E-state index is 5.96. The second kappa shape index (κ2) is 24.6. The molecule has 0 N–H and O–H groups in total. The highest BCUT2D eigenvalue weighted by atomic mass is 79.9. The predicted molar refractivity (Wildman–Crippen MR) is 126 cm³/mol. The van der Waals surface area contributed by atoms with Gasteiger partial charge >= 0.3 is 0 Å². The summed E-state index contributed by atoms with van der Waals surface area (Å²) in [5.74, 6) is 12.9. The third-order valence-electron chi connectivity index (χ3n) is 4.45. The van der Waals surface area contributed by atoms with Crippen molar-refractivity contribution in [1.29, 1.82) is 0 Å². The molecule has 0 fully saturated rings. The molecular weight excluding hydrogens is 412 g/mol. The van der Waals surface area contributed by atoms with Gasteiger partial charge in [-0.1, -0.05) is 68.3 Å². The zero-order valence-electron chi connectivity index (χ0n) is 18.5. The molecule has 0 aliphatic rings. The molecule has 0 saturated carbocycles. The Bertz CT molecular complexity index is 395. The first-order valence-electron chi connectivity index (χ1n) is 11.6. The molecule has 0 heterocycles. The van der Waals surface area contributed by atoms with Gasteiger partial charge in [0.2, 0.25) is 0 Å². The molecule has 0 unspecified atom stereocenters. The Morgan fingerprint density at radius 3 is 1.57 bits per heavy atom. The van der Waals surface area contributed by atoms with Crippen molar-refractivity contribution in [1.82, 2.24) is 0 Å². The highest BCUT2D eigenvalue weighted by Crippen LogP contribution is 2.12. The number of halogens is 1.